The predicted molar refractivity (Wildman–Crippen MR) is 69.8 cm³/mol. The number of hydrogen-bond acceptors (Lipinski definition) is 5. The molecule has 18 heavy (non-hydrogen) atoms. The van der Waals surface area contributed by atoms with Gasteiger partial charge in [0.25, 0.3) is 0 Å². The molecule has 0 aliphatic rings. The number of nitrogens with two attached hydrogens (primary N) is 1. The first kappa shape index (κ1) is 12.6. The molecule has 0 atom stereocenters. The van der Waals surface area contributed by atoms with Gasteiger partial charge in [0.1, 0.15) is 5.75 Å². The Morgan fingerprint density at radius 1 is 1.17 bits per heavy atom. The number of nitrogen functional groups attached to an aromatic ring is 1. The third kappa shape index (κ3) is 3.30. The maximum atomic E-state index is 5.66. The van der Waals surface area contributed by atoms with Crippen LogP contribution in [-0.4, -0.2) is 15.0 Å². The van der Waals surface area contributed by atoms with Crippen molar-refractivity contribution in [2.24, 2.45) is 0 Å². The molecule has 1 heterocycles. The molecule has 0 bridgehead atoms. The molecule has 0 amide bonds. The number of ether oxygens (including phenoxy) is 1. The van der Waals surface area contributed by atoms with Gasteiger partial charge in [-0.05, 0) is 35.7 Å². The van der Waals surface area contributed by atoms with E-state index in [0.29, 0.717) is 5.75 Å². The molecule has 1 aromatic carbocycles. The smallest absolute Gasteiger partial charge is 0.328 e. The highest BCUT2D eigenvalue weighted by molar-refractivity contribution is 6.28. The van der Waals surface area contributed by atoms with Crippen LogP contribution in [0.15, 0.2) is 24.3 Å². The second-order valence-electron chi connectivity index (χ2n) is 3.74. The first-order valence-electron chi connectivity index (χ1n) is 5.61. The molecule has 0 saturated heterocycles. The molecule has 94 valence electrons. The molecule has 5 nitrogen and oxygen atoms in total. The number of nitrogens with zero attached hydrogens (tertiary/aromatic N) is 3. The summed E-state index contributed by atoms with van der Waals surface area (Å²) in [5.41, 5.74) is 6.71. The quantitative estimate of drug-likeness (QED) is 0.919. The van der Waals surface area contributed by atoms with E-state index in [-0.39, 0.29) is 17.2 Å². The van der Waals surface area contributed by atoms with Crippen molar-refractivity contribution < 1.29 is 4.74 Å². The van der Waals surface area contributed by atoms with E-state index in [4.69, 9.17) is 22.1 Å². The molecule has 0 unspecified atom stereocenters. The fourth-order valence-electron chi connectivity index (χ4n) is 1.51. The SMILES string of the molecule is CCCc1ccc(Oc2nc(N)nc(Cl)n2)cc1. The van der Waals surface area contributed by atoms with E-state index < -0.39 is 0 Å². The van der Waals surface area contributed by atoms with E-state index >= 15 is 0 Å². The molecule has 6 heteroatoms. The largest absolute Gasteiger partial charge is 0.424 e. The summed E-state index contributed by atoms with van der Waals surface area (Å²) in [5, 5.41) is 0.0140. The highest BCUT2D eigenvalue weighted by Crippen LogP contribution is 2.20. The summed E-state index contributed by atoms with van der Waals surface area (Å²) >= 11 is 5.66. The molecule has 2 aromatic rings. The predicted octanol–water partition coefficient (Wildman–Crippen LogP) is 2.85. The average Bonchev–Trinajstić information content (AvgIpc) is 2.31. The molecule has 1 aromatic heterocycles. The van der Waals surface area contributed by atoms with Crippen molar-refractivity contribution in [1.29, 1.82) is 0 Å². The molecule has 0 aliphatic heterocycles. The van der Waals surface area contributed by atoms with Crippen molar-refractivity contribution in [3.8, 4) is 11.8 Å². The van der Waals surface area contributed by atoms with Crippen LogP contribution in [0.2, 0.25) is 5.28 Å². The summed E-state index contributed by atoms with van der Waals surface area (Å²) in [7, 11) is 0. The molecule has 0 aliphatic carbocycles. The molecule has 0 radical (unpaired) electrons. The standard InChI is InChI=1S/C12H13ClN4O/c1-2-3-8-4-6-9(7-5-8)18-12-16-10(13)15-11(14)17-12/h4-7H,2-3H2,1H3,(H2,14,15,16,17). The normalized spacial score (nSPS) is 10.3. The van der Waals surface area contributed by atoms with E-state index in [0.717, 1.165) is 12.8 Å². The Morgan fingerprint density at radius 2 is 1.89 bits per heavy atom. The molecule has 0 spiro atoms. The number of hydrogen-bond donors (Lipinski definition) is 1. The van der Waals surface area contributed by atoms with Crippen LogP contribution in [0.1, 0.15) is 18.9 Å². The Morgan fingerprint density at radius 3 is 2.50 bits per heavy atom. The first-order valence-corrected chi connectivity index (χ1v) is 5.99. The van der Waals surface area contributed by atoms with Gasteiger partial charge in [-0.2, -0.15) is 15.0 Å². The highest BCUT2D eigenvalue weighted by atomic mass is 35.5. The lowest BCUT2D eigenvalue weighted by atomic mass is 10.1. The monoisotopic (exact) mass is 264 g/mol. The van der Waals surface area contributed by atoms with Crippen molar-refractivity contribution >= 4 is 17.5 Å². The minimum atomic E-state index is 0.0140. The van der Waals surface area contributed by atoms with Crippen molar-refractivity contribution in [3.05, 3.63) is 35.1 Å². The van der Waals surface area contributed by atoms with Crippen LogP contribution in [0.5, 0.6) is 11.8 Å². The van der Waals surface area contributed by atoms with Crippen molar-refractivity contribution in [2.45, 2.75) is 19.8 Å². The topological polar surface area (TPSA) is 73.9 Å². The Kier molecular flexibility index (Phi) is 3.94. The number of halogens is 1. The maximum absolute atomic E-state index is 5.66. The summed E-state index contributed by atoms with van der Waals surface area (Å²) in [6, 6.07) is 7.82. The third-order valence-corrected chi connectivity index (χ3v) is 2.45. The van der Waals surface area contributed by atoms with Crippen molar-refractivity contribution in [1.82, 2.24) is 15.0 Å². The van der Waals surface area contributed by atoms with Gasteiger partial charge in [-0.3, -0.25) is 0 Å². The van der Waals surface area contributed by atoms with Crippen LogP contribution < -0.4 is 10.5 Å². The number of rotatable bonds is 4. The van der Waals surface area contributed by atoms with E-state index in [1.54, 1.807) is 0 Å². The lowest BCUT2D eigenvalue weighted by molar-refractivity contribution is 0.440. The molecule has 0 fully saturated rings. The van der Waals surface area contributed by atoms with Gasteiger partial charge in [0.15, 0.2) is 0 Å². The number of benzene rings is 1. The summed E-state index contributed by atoms with van der Waals surface area (Å²) in [5.74, 6) is 0.670. The van der Waals surface area contributed by atoms with Crippen LogP contribution in [0.3, 0.4) is 0 Å². The summed E-state index contributed by atoms with van der Waals surface area (Å²) in [6.07, 6.45) is 2.16. The van der Waals surface area contributed by atoms with Crippen molar-refractivity contribution in [3.63, 3.8) is 0 Å². The van der Waals surface area contributed by atoms with Crippen LogP contribution >= 0.6 is 11.6 Å². The third-order valence-electron chi connectivity index (χ3n) is 2.28. The Hall–Kier alpha value is -1.88. The van der Waals surface area contributed by atoms with Gasteiger partial charge in [0, 0.05) is 0 Å². The van der Waals surface area contributed by atoms with E-state index in [1.165, 1.54) is 5.56 Å². The number of anilines is 1. The van der Waals surface area contributed by atoms with Gasteiger partial charge in [-0.25, -0.2) is 0 Å². The Balaban J connectivity index is 2.13. The van der Waals surface area contributed by atoms with Crippen LogP contribution in [0.25, 0.3) is 0 Å². The Labute approximate surface area is 110 Å². The fraction of sp³-hybridized carbons (Fsp3) is 0.250. The molecular formula is C12H13ClN4O. The maximum Gasteiger partial charge on any atom is 0.328 e. The molecule has 2 N–H and O–H groups in total. The average molecular weight is 265 g/mol. The molecule has 2 rings (SSSR count). The van der Waals surface area contributed by atoms with E-state index in [2.05, 4.69) is 21.9 Å². The zero-order chi connectivity index (χ0) is 13.0. The Bertz CT molecular complexity index is 510. The lowest BCUT2D eigenvalue weighted by Crippen LogP contribution is -2.00. The van der Waals surface area contributed by atoms with E-state index in [1.807, 2.05) is 24.3 Å². The van der Waals surface area contributed by atoms with Crippen LogP contribution in [0, 0.1) is 0 Å². The highest BCUT2D eigenvalue weighted by Gasteiger charge is 2.05. The van der Waals surface area contributed by atoms with Gasteiger partial charge >= 0.3 is 6.01 Å². The second-order valence-corrected chi connectivity index (χ2v) is 4.08. The van der Waals surface area contributed by atoms with Gasteiger partial charge < -0.3 is 10.5 Å². The van der Waals surface area contributed by atoms with Crippen molar-refractivity contribution in [2.75, 3.05) is 5.73 Å². The second kappa shape index (κ2) is 5.64. The van der Waals surface area contributed by atoms with Gasteiger partial charge in [0.2, 0.25) is 11.2 Å². The minimum absolute atomic E-state index is 0.0140. The summed E-state index contributed by atoms with van der Waals surface area (Å²) < 4.78 is 5.45. The van der Waals surface area contributed by atoms with Crippen LogP contribution in [-0.2, 0) is 6.42 Å². The molecule has 0 saturated carbocycles. The minimum Gasteiger partial charge on any atom is -0.424 e. The summed E-state index contributed by atoms with van der Waals surface area (Å²) in [6.45, 7) is 2.14. The number of aryl methyl sites for hydroxylation is 1. The fourth-order valence-corrected chi connectivity index (χ4v) is 1.67. The zero-order valence-electron chi connectivity index (χ0n) is 9.93. The zero-order valence-corrected chi connectivity index (χ0v) is 10.7. The van der Waals surface area contributed by atoms with Gasteiger partial charge in [-0.1, -0.05) is 25.5 Å². The van der Waals surface area contributed by atoms with Gasteiger partial charge in [-0.15, -0.1) is 0 Å². The molecular weight excluding hydrogens is 252 g/mol. The number of aromatic nitrogens is 3. The first-order chi connectivity index (χ1) is 8.67. The van der Waals surface area contributed by atoms with Crippen LogP contribution in [0.4, 0.5) is 5.95 Å². The lowest BCUT2D eigenvalue weighted by Gasteiger charge is -2.05. The van der Waals surface area contributed by atoms with Gasteiger partial charge in [0.05, 0.1) is 0 Å². The van der Waals surface area contributed by atoms with E-state index in [9.17, 15) is 0 Å². The summed E-state index contributed by atoms with van der Waals surface area (Å²) in [4.78, 5) is 11.3.